The summed E-state index contributed by atoms with van der Waals surface area (Å²) in [5.74, 6) is 1.50. The fourth-order valence-corrected chi connectivity index (χ4v) is 3.27. The van der Waals surface area contributed by atoms with Gasteiger partial charge in [-0.05, 0) is 44.7 Å². The zero-order valence-electron chi connectivity index (χ0n) is 11.0. The van der Waals surface area contributed by atoms with E-state index in [1.54, 1.807) is 0 Å². The second-order valence-corrected chi connectivity index (χ2v) is 5.02. The predicted octanol–water partition coefficient (Wildman–Crippen LogP) is 2.14. The van der Waals surface area contributed by atoms with Crippen LogP contribution in [-0.2, 0) is 7.05 Å². The molecule has 0 aliphatic heterocycles. The largest absolute Gasteiger partial charge is 0.317 e. The fraction of sp³-hybridized carbons (Fsp3) is 0.769. The van der Waals surface area contributed by atoms with E-state index in [4.69, 9.17) is 0 Å². The minimum Gasteiger partial charge on any atom is -0.317 e. The maximum atomic E-state index is 4.53. The average molecular weight is 221 g/mol. The number of nitrogens with zero attached hydrogens (tertiary/aromatic N) is 2. The van der Waals surface area contributed by atoms with Gasteiger partial charge in [0.05, 0.1) is 5.69 Å². The molecule has 3 nitrogen and oxygen atoms in total. The minimum atomic E-state index is 0.703. The zero-order chi connectivity index (χ0) is 11.9. The maximum absolute atomic E-state index is 4.53. The van der Waals surface area contributed by atoms with Gasteiger partial charge in [0.2, 0.25) is 0 Å². The van der Waals surface area contributed by atoms with Gasteiger partial charge in [-0.2, -0.15) is 5.10 Å². The highest BCUT2D eigenvalue weighted by Gasteiger charge is 2.41. The molecule has 1 fully saturated rings. The number of rotatable bonds is 3. The highest BCUT2D eigenvalue weighted by atomic mass is 15.3. The third-order valence-electron chi connectivity index (χ3n) is 4.32. The first-order valence-electron chi connectivity index (χ1n) is 6.27. The van der Waals surface area contributed by atoms with E-state index in [1.165, 1.54) is 29.8 Å². The SMILES string of the molecule is CCC1C(NC)CC1c1c(C)nn(C)c1C. The van der Waals surface area contributed by atoms with Gasteiger partial charge in [0.15, 0.2) is 0 Å². The number of aryl methyl sites for hydroxylation is 2. The van der Waals surface area contributed by atoms with E-state index in [9.17, 15) is 0 Å². The van der Waals surface area contributed by atoms with Crippen LogP contribution in [0.15, 0.2) is 0 Å². The van der Waals surface area contributed by atoms with Gasteiger partial charge in [-0.3, -0.25) is 4.68 Å². The van der Waals surface area contributed by atoms with Crippen LogP contribution in [0, 0.1) is 19.8 Å². The summed E-state index contributed by atoms with van der Waals surface area (Å²) in [7, 11) is 4.12. The smallest absolute Gasteiger partial charge is 0.0631 e. The molecule has 0 spiro atoms. The molecule has 0 saturated heterocycles. The summed E-state index contributed by atoms with van der Waals surface area (Å²) in [5, 5.41) is 7.95. The molecular formula is C13H23N3. The van der Waals surface area contributed by atoms with E-state index < -0.39 is 0 Å². The second kappa shape index (κ2) is 4.21. The average Bonchev–Trinajstić information content (AvgIpc) is 2.44. The first-order valence-corrected chi connectivity index (χ1v) is 6.27. The molecule has 3 atom stereocenters. The normalized spacial score (nSPS) is 29.2. The van der Waals surface area contributed by atoms with Gasteiger partial charge in [0.25, 0.3) is 0 Å². The van der Waals surface area contributed by atoms with E-state index in [-0.39, 0.29) is 0 Å². The lowest BCUT2D eigenvalue weighted by atomic mass is 9.64. The van der Waals surface area contributed by atoms with E-state index in [2.05, 4.69) is 38.2 Å². The van der Waals surface area contributed by atoms with Crippen molar-refractivity contribution in [2.75, 3.05) is 7.05 Å². The van der Waals surface area contributed by atoms with Gasteiger partial charge in [-0.15, -0.1) is 0 Å². The van der Waals surface area contributed by atoms with E-state index >= 15 is 0 Å². The molecule has 1 aliphatic carbocycles. The Bertz CT molecular complexity index is 381. The van der Waals surface area contributed by atoms with Crippen LogP contribution in [0.4, 0.5) is 0 Å². The minimum absolute atomic E-state index is 0.703. The van der Waals surface area contributed by atoms with Gasteiger partial charge in [-0.1, -0.05) is 13.3 Å². The van der Waals surface area contributed by atoms with Crippen LogP contribution < -0.4 is 5.32 Å². The van der Waals surface area contributed by atoms with Crippen molar-refractivity contribution in [1.29, 1.82) is 0 Å². The molecule has 3 heteroatoms. The molecule has 0 amide bonds. The van der Waals surface area contributed by atoms with Crippen molar-refractivity contribution in [3.05, 3.63) is 17.0 Å². The summed E-state index contributed by atoms with van der Waals surface area (Å²) in [6, 6.07) is 0.703. The van der Waals surface area contributed by atoms with Gasteiger partial charge in [0.1, 0.15) is 0 Å². The van der Waals surface area contributed by atoms with Crippen LogP contribution in [0.1, 0.15) is 42.6 Å². The quantitative estimate of drug-likeness (QED) is 0.847. The lowest BCUT2D eigenvalue weighted by molar-refractivity contribution is 0.168. The van der Waals surface area contributed by atoms with Crippen LogP contribution in [0.25, 0.3) is 0 Å². The Balaban J connectivity index is 2.26. The molecule has 1 aliphatic rings. The summed E-state index contributed by atoms with van der Waals surface area (Å²) in [4.78, 5) is 0. The topological polar surface area (TPSA) is 29.9 Å². The van der Waals surface area contributed by atoms with Crippen LogP contribution >= 0.6 is 0 Å². The molecule has 0 aromatic carbocycles. The predicted molar refractivity (Wildman–Crippen MR) is 66.7 cm³/mol. The highest BCUT2D eigenvalue weighted by Crippen LogP contribution is 2.46. The standard InChI is InChI=1S/C13H23N3/c1-6-10-11(7-12(10)14-4)13-8(2)15-16(5)9(13)3/h10-12,14H,6-7H2,1-5H3. The Kier molecular flexibility index (Phi) is 3.06. The molecule has 16 heavy (non-hydrogen) atoms. The van der Waals surface area contributed by atoms with Crippen LogP contribution in [0.2, 0.25) is 0 Å². The molecule has 1 saturated carbocycles. The molecule has 0 radical (unpaired) electrons. The first kappa shape index (κ1) is 11.6. The number of hydrogen-bond acceptors (Lipinski definition) is 2. The third kappa shape index (κ3) is 1.58. The molecule has 1 N–H and O–H groups in total. The van der Waals surface area contributed by atoms with E-state index in [1.807, 2.05) is 11.7 Å². The van der Waals surface area contributed by atoms with Crippen molar-refractivity contribution >= 4 is 0 Å². The summed E-state index contributed by atoms with van der Waals surface area (Å²) in [6.45, 7) is 6.62. The van der Waals surface area contributed by atoms with E-state index in [0.717, 1.165) is 11.8 Å². The van der Waals surface area contributed by atoms with Gasteiger partial charge in [-0.25, -0.2) is 0 Å². The Morgan fingerprint density at radius 3 is 2.56 bits per heavy atom. The number of hydrogen-bond donors (Lipinski definition) is 1. The lowest BCUT2D eigenvalue weighted by Gasteiger charge is -2.45. The van der Waals surface area contributed by atoms with Gasteiger partial charge < -0.3 is 5.32 Å². The van der Waals surface area contributed by atoms with Crippen molar-refractivity contribution in [2.24, 2.45) is 13.0 Å². The van der Waals surface area contributed by atoms with Crippen LogP contribution in [-0.4, -0.2) is 22.9 Å². The molecule has 0 bridgehead atoms. The second-order valence-electron chi connectivity index (χ2n) is 5.02. The highest BCUT2D eigenvalue weighted by molar-refractivity contribution is 5.32. The molecule has 1 aromatic rings. The molecule has 1 heterocycles. The Labute approximate surface area is 98.2 Å². The third-order valence-corrected chi connectivity index (χ3v) is 4.32. The summed E-state index contributed by atoms with van der Waals surface area (Å²) in [6.07, 6.45) is 2.52. The molecule has 2 rings (SSSR count). The van der Waals surface area contributed by atoms with Crippen molar-refractivity contribution in [1.82, 2.24) is 15.1 Å². The fourth-order valence-electron chi connectivity index (χ4n) is 3.27. The summed E-state index contributed by atoms with van der Waals surface area (Å²) in [5.41, 5.74) is 4.06. The Morgan fingerprint density at radius 1 is 1.44 bits per heavy atom. The van der Waals surface area contributed by atoms with Crippen LogP contribution in [0.5, 0.6) is 0 Å². The summed E-state index contributed by atoms with van der Waals surface area (Å²) >= 11 is 0. The van der Waals surface area contributed by atoms with Crippen molar-refractivity contribution in [2.45, 2.75) is 45.6 Å². The van der Waals surface area contributed by atoms with Crippen LogP contribution in [0.3, 0.4) is 0 Å². The summed E-state index contributed by atoms with van der Waals surface area (Å²) < 4.78 is 2.02. The molecular weight excluding hydrogens is 198 g/mol. The molecule has 3 unspecified atom stereocenters. The number of aromatic nitrogens is 2. The van der Waals surface area contributed by atoms with Crippen molar-refractivity contribution in [3.63, 3.8) is 0 Å². The Hall–Kier alpha value is -0.830. The molecule has 1 aromatic heterocycles. The van der Waals surface area contributed by atoms with Gasteiger partial charge >= 0.3 is 0 Å². The zero-order valence-corrected chi connectivity index (χ0v) is 11.0. The maximum Gasteiger partial charge on any atom is 0.0631 e. The van der Waals surface area contributed by atoms with Crippen molar-refractivity contribution < 1.29 is 0 Å². The Morgan fingerprint density at radius 2 is 2.12 bits per heavy atom. The number of nitrogens with one attached hydrogen (secondary N) is 1. The van der Waals surface area contributed by atoms with E-state index in [0.29, 0.717) is 6.04 Å². The lowest BCUT2D eigenvalue weighted by Crippen LogP contribution is -2.47. The van der Waals surface area contributed by atoms with Crippen molar-refractivity contribution in [3.8, 4) is 0 Å². The first-order chi connectivity index (χ1) is 7.60. The van der Waals surface area contributed by atoms with Gasteiger partial charge in [0, 0.05) is 18.8 Å². The monoisotopic (exact) mass is 221 g/mol. The molecule has 90 valence electrons.